The van der Waals surface area contributed by atoms with Gasteiger partial charge in [0.25, 0.3) is 0 Å². The van der Waals surface area contributed by atoms with E-state index in [4.69, 9.17) is 17.7 Å². The molecule has 0 heterocycles. The standard InChI is InChI=1S/C5H7O2S/c6-4(7)5(8)2-1-3-5/h1-3H2,(H,6,7). The minimum atomic E-state index is -0.821. The molecular weight excluding hydrogens is 124 g/mol. The lowest BCUT2D eigenvalue weighted by atomic mass is 9.84. The Labute approximate surface area is 53.3 Å². The molecule has 0 unspecified atom stereocenters. The smallest absolute Gasteiger partial charge is 0.320 e. The molecule has 1 radical (unpaired) electrons. The van der Waals surface area contributed by atoms with Crippen LogP contribution in [0.3, 0.4) is 0 Å². The summed E-state index contributed by atoms with van der Waals surface area (Å²) in [5, 5.41) is 8.39. The van der Waals surface area contributed by atoms with E-state index in [1.165, 1.54) is 0 Å². The highest BCUT2D eigenvalue weighted by Gasteiger charge is 2.41. The first kappa shape index (κ1) is 5.95. The monoisotopic (exact) mass is 131 g/mol. The summed E-state index contributed by atoms with van der Waals surface area (Å²) in [6, 6.07) is 0. The lowest BCUT2D eigenvalue weighted by Crippen LogP contribution is -2.39. The van der Waals surface area contributed by atoms with E-state index in [1.54, 1.807) is 0 Å². The second-order valence-electron chi connectivity index (χ2n) is 2.15. The van der Waals surface area contributed by atoms with Crippen molar-refractivity contribution >= 4 is 18.6 Å². The lowest BCUT2D eigenvalue weighted by Gasteiger charge is -2.30. The Morgan fingerprint density at radius 2 is 2.12 bits per heavy atom. The molecule has 1 N–H and O–H groups in total. The van der Waals surface area contributed by atoms with Crippen LogP contribution in [0.15, 0.2) is 0 Å². The number of carboxylic acid groups (broad SMARTS) is 1. The highest BCUT2D eigenvalue weighted by Crippen LogP contribution is 2.37. The van der Waals surface area contributed by atoms with E-state index in [1.807, 2.05) is 0 Å². The van der Waals surface area contributed by atoms with E-state index < -0.39 is 10.7 Å². The van der Waals surface area contributed by atoms with Crippen molar-refractivity contribution in [3.05, 3.63) is 0 Å². The zero-order valence-electron chi connectivity index (χ0n) is 4.39. The van der Waals surface area contributed by atoms with E-state index in [-0.39, 0.29) is 0 Å². The second kappa shape index (κ2) is 1.65. The third-order valence-electron chi connectivity index (χ3n) is 1.55. The van der Waals surface area contributed by atoms with Crippen molar-refractivity contribution < 1.29 is 9.90 Å². The summed E-state index contributed by atoms with van der Waals surface area (Å²) in [5.74, 6) is -0.821. The molecule has 1 rings (SSSR count). The topological polar surface area (TPSA) is 37.3 Å². The van der Waals surface area contributed by atoms with E-state index in [2.05, 4.69) is 0 Å². The lowest BCUT2D eigenvalue weighted by molar-refractivity contribution is -0.142. The summed E-state index contributed by atoms with van der Waals surface area (Å²) in [4.78, 5) is 10.2. The average molecular weight is 131 g/mol. The predicted molar refractivity (Wildman–Crippen MR) is 31.8 cm³/mol. The fraction of sp³-hybridized carbons (Fsp3) is 0.800. The van der Waals surface area contributed by atoms with Crippen LogP contribution in [-0.2, 0) is 4.79 Å². The Morgan fingerprint density at radius 1 is 1.62 bits per heavy atom. The van der Waals surface area contributed by atoms with Gasteiger partial charge < -0.3 is 5.11 Å². The molecule has 0 bridgehead atoms. The van der Waals surface area contributed by atoms with Crippen molar-refractivity contribution in [2.75, 3.05) is 0 Å². The Bertz CT molecular complexity index is 118. The normalized spacial score (nSPS) is 24.1. The summed E-state index contributed by atoms with van der Waals surface area (Å²) in [5.41, 5.74) is 0. The molecule has 0 amide bonds. The summed E-state index contributed by atoms with van der Waals surface area (Å²) < 4.78 is -0.778. The van der Waals surface area contributed by atoms with Gasteiger partial charge in [0.1, 0.15) is 4.75 Å². The molecule has 0 aromatic heterocycles. The third-order valence-corrected chi connectivity index (χ3v) is 2.13. The minimum Gasteiger partial charge on any atom is -0.480 e. The van der Waals surface area contributed by atoms with Crippen molar-refractivity contribution in [3.63, 3.8) is 0 Å². The summed E-state index contributed by atoms with van der Waals surface area (Å²) >= 11 is 4.76. The molecule has 0 spiro atoms. The van der Waals surface area contributed by atoms with Gasteiger partial charge in [0.2, 0.25) is 0 Å². The molecule has 1 aliphatic rings. The number of carbonyl (C=O) groups is 1. The molecule has 0 saturated heterocycles. The zero-order valence-corrected chi connectivity index (χ0v) is 5.20. The summed E-state index contributed by atoms with van der Waals surface area (Å²) in [7, 11) is 0. The van der Waals surface area contributed by atoms with E-state index in [0.717, 1.165) is 6.42 Å². The van der Waals surface area contributed by atoms with Gasteiger partial charge in [-0.3, -0.25) is 4.79 Å². The Balaban J connectivity index is 2.53. The van der Waals surface area contributed by atoms with Gasteiger partial charge >= 0.3 is 5.97 Å². The fourth-order valence-electron chi connectivity index (χ4n) is 0.712. The highest BCUT2D eigenvalue weighted by atomic mass is 32.1. The van der Waals surface area contributed by atoms with Crippen LogP contribution in [0.5, 0.6) is 0 Å². The van der Waals surface area contributed by atoms with E-state index >= 15 is 0 Å². The molecule has 1 aliphatic carbocycles. The SMILES string of the molecule is O=C(O)C1([S])CCC1. The third kappa shape index (κ3) is 0.708. The van der Waals surface area contributed by atoms with Crippen molar-refractivity contribution in [1.82, 2.24) is 0 Å². The fourth-order valence-corrected chi connectivity index (χ4v) is 1.00. The predicted octanol–water partition coefficient (Wildman–Crippen LogP) is 1.19. The summed E-state index contributed by atoms with van der Waals surface area (Å²) in [6.45, 7) is 0. The molecule has 45 valence electrons. The molecule has 1 saturated carbocycles. The van der Waals surface area contributed by atoms with Crippen molar-refractivity contribution in [2.45, 2.75) is 24.0 Å². The van der Waals surface area contributed by atoms with Crippen LogP contribution < -0.4 is 0 Å². The van der Waals surface area contributed by atoms with Crippen LogP contribution >= 0.6 is 12.6 Å². The Kier molecular flexibility index (Phi) is 1.23. The zero-order chi connectivity index (χ0) is 6.20. The number of aliphatic carboxylic acids is 1. The Hall–Kier alpha value is -0.180. The van der Waals surface area contributed by atoms with Gasteiger partial charge in [-0.25, -0.2) is 0 Å². The van der Waals surface area contributed by atoms with Crippen molar-refractivity contribution in [1.29, 1.82) is 0 Å². The molecule has 3 heteroatoms. The van der Waals surface area contributed by atoms with Gasteiger partial charge in [0, 0.05) is 0 Å². The number of carboxylic acids is 1. The van der Waals surface area contributed by atoms with Gasteiger partial charge in [-0.1, -0.05) is 12.6 Å². The van der Waals surface area contributed by atoms with Gasteiger partial charge in [-0.15, -0.1) is 0 Å². The van der Waals surface area contributed by atoms with Gasteiger partial charge in [-0.05, 0) is 19.3 Å². The number of hydrogen-bond donors (Lipinski definition) is 1. The van der Waals surface area contributed by atoms with Gasteiger partial charge in [-0.2, -0.15) is 0 Å². The number of hydrogen-bond acceptors (Lipinski definition) is 1. The Morgan fingerprint density at radius 3 is 2.12 bits per heavy atom. The molecule has 0 aromatic carbocycles. The van der Waals surface area contributed by atoms with E-state index in [9.17, 15) is 4.79 Å². The molecule has 2 nitrogen and oxygen atoms in total. The van der Waals surface area contributed by atoms with E-state index in [0.29, 0.717) is 12.8 Å². The van der Waals surface area contributed by atoms with Crippen LogP contribution in [0.1, 0.15) is 19.3 Å². The molecule has 0 aliphatic heterocycles. The van der Waals surface area contributed by atoms with Crippen molar-refractivity contribution in [3.8, 4) is 0 Å². The maximum Gasteiger partial charge on any atom is 0.320 e. The molecule has 0 atom stereocenters. The number of rotatable bonds is 1. The molecule has 8 heavy (non-hydrogen) atoms. The van der Waals surface area contributed by atoms with Crippen LogP contribution in [-0.4, -0.2) is 15.8 Å². The summed E-state index contributed by atoms with van der Waals surface area (Å²) in [6.07, 6.45) is 2.34. The average Bonchev–Trinajstić information content (AvgIpc) is 1.60. The first-order chi connectivity index (χ1) is 3.65. The molecule has 0 aromatic rings. The maximum atomic E-state index is 10.2. The minimum absolute atomic E-state index is 0.678. The first-order valence-electron chi connectivity index (χ1n) is 2.59. The molecular formula is C5H7O2S. The van der Waals surface area contributed by atoms with Crippen LogP contribution in [0.2, 0.25) is 0 Å². The van der Waals surface area contributed by atoms with Crippen LogP contribution in [0.4, 0.5) is 0 Å². The maximum absolute atomic E-state index is 10.2. The van der Waals surface area contributed by atoms with Crippen LogP contribution in [0.25, 0.3) is 0 Å². The second-order valence-corrected chi connectivity index (χ2v) is 2.93. The van der Waals surface area contributed by atoms with Crippen LogP contribution in [0, 0.1) is 0 Å². The van der Waals surface area contributed by atoms with Gasteiger partial charge in [0.05, 0.1) is 0 Å². The van der Waals surface area contributed by atoms with Gasteiger partial charge in [0.15, 0.2) is 0 Å². The highest BCUT2D eigenvalue weighted by molar-refractivity contribution is 7.82. The largest absolute Gasteiger partial charge is 0.480 e. The molecule has 1 fully saturated rings. The quantitative estimate of drug-likeness (QED) is 0.580. The first-order valence-corrected chi connectivity index (χ1v) is 3.00. The van der Waals surface area contributed by atoms with Crippen molar-refractivity contribution in [2.24, 2.45) is 0 Å².